The summed E-state index contributed by atoms with van der Waals surface area (Å²) in [5, 5.41) is 4.07. The van der Waals surface area contributed by atoms with E-state index in [1.165, 1.54) is 19.3 Å². The average Bonchev–Trinajstić information content (AvgIpc) is 2.71. The molecule has 0 amide bonds. The third kappa shape index (κ3) is 3.49. The highest BCUT2D eigenvalue weighted by atomic mass is 15.3. The number of unbranched alkanes of at least 4 members (excludes halogenated alkanes) is 1. The van der Waals surface area contributed by atoms with Gasteiger partial charge in [0.05, 0.1) is 0 Å². The van der Waals surface area contributed by atoms with E-state index in [-0.39, 0.29) is 0 Å². The summed E-state index contributed by atoms with van der Waals surface area (Å²) >= 11 is 0. The first-order valence-electron chi connectivity index (χ1n) is 4.18. The molecule has 58 valence electrons. The molecule has 0 bridgehead atoms. The summed E-state index contributed by atoms with van der Waals surface area (Å²) in [4.78, 5) is 0. The molecule has 0 aromatic carbocycles. The van der Waals surface area contributed by atoms with Gasteiger partial charge in [-0.25, -0.2) is 0 Å². The molecule has 1 rings (SSSR count). The van der Waals surface area contributed by atoms with Crippen LogP contribution in [0.5, 0.6) is 0 Å². The molecule has 0 heterocycles. The maximum atomic E-state index is 4.07. The van der Waals surface area contributed by atoms with Crippen molar-refractivity contribution in [2.75, 3.05) is 6.54 Å². The van der Waals surface area contributed by atoms with Gasteiger partial charge < -0.3 is 5.43 Å². The average molecular weight is 140 g/mol. The van der Waals surface area contributed by atoms with Crippen LogP contribution >= 0.6 is 0 Å². The Hall–Kier alpha value is -0.530. The van der Waals surface area contributed by atoms with Crippen LogP contribution < -0.4 is 5.43 Å². The lowest BCUT2D eigenvalue weighted by molar-refractivity contribution is 0.672. The Morgan fingerprint density at radius 1 is 1.60 bits per heavy atom. The molecule has 1 aliphatic rings. The number of nitrogens with one attached hydrogen (secondary N) is 1. The Morgan fingerprint density at radius 3 is 3.00 bits per heavy atom. The first kappa shape index (κ1) is 7.58. The van der Waals surface area contributed by atoms with Crippen LogP contribution in [0.15, 0.2) is 5.10 Å². The molecule has 1 aliphatic carbocycles. The Balaban J connectivity index is 1.83. The van der Waals surface area contributed by atoms with Crippen LogP contribution in [-0.2, 0) is 0 Å². The zero-order chi connectivity index (χ0) is 7.23. The van der Waals surface area contributed by atoms with Crippen LogP contribution in [0.2, 0.25) is 0 Å². The molecule has 10 heavy (non-hydrogen) atoms. The van der Waals surface area contributed by atoms with Crippen molar-refractivity contribution >= 4 is 6.21 Å². The number of rotatable bonds is 5. The van der Waals surface area contributed by atoms with Gasteiger partial charge >= 0.3 is 0 Å². The highest BCUT2D eigenvalue weighted by Gasteiger charge is 2.19. The Bertz CT molecular complexity index is 106. The van der Waals surface area contributed by atoms with Crippen molar-refractivity contribution in [3.8, 4) is 0 Å². The van der Waals surface area contributed by atoms with Crippen molar-refractivity contribution in [1.29, 1.82) is 0 Å². The summed E-state index contributed by atoms with van der Waals surface area (Å²) in [7, 11) is 0. The molecular formula is C8H16N2. The Morgan fingerprint density at radius 2 is 2.40 bits per heavy atom. The van der Waals surface area contributed by atoms with E-state index < -0.39 is 0 Å². The first-order valence-corrected chi connectivity index (χ1v) is 4.18. The van der Waals surface area contributed by atoms with E-state index in [0.29, 0.717) is 0 Å². The second kappa shape index (κ2) is 4.31. The number of hydrazone groups is 1. The fraction of sp³-hybridized carbons (Fsp3) is 0.875. The number of hydrogen-bond acceptors (Lipinski definition) is 2. The van der Waals surface area contributed by atoms with Gasteiger partial charge in [-0.1, -0.05) is 13.3 Å². The quantitative estimate of drug-likeness (QED) is 0.457. The molecule has 0 radical (unpaired) electrons. The van der Waals surface area contributed by atoms with Gasteiger partial charge in [-0.2, -0.15) is 5.10 Å². The SMILES string of the molecule is CCC/C=N/NCC1CC1. The highest BCUT2D eigenvalue weighted by Crippen LogP contribution is 2.27. The van der Waals surface area contributed by atoms with Crippen molar-refractivity contribution < 1.29 is 0 Å². The van der Waals surface area contributed by atoms with E-state index in [1.807, 2.05) is 6.21 Å². The van der Waals surface area contributed by atoms with Gasteiger partial charge in [0.15, 0.2) is 0 Å². The minimum absolute atomic E-state index is 0.929. The summed E-state index contributed by atoms with van der Waals surface area (Å²) in [6, 6.07) is 0. The van der Waals surface area contributed by atoms with Crippen molar-refractivity contribution in [2.45, 2.75) is 32.6 Å². The molecule has 2 heteroatoms. The number of hydrogen-bond donors (Lipinski definition) is 1. The zero-order valence-corrected chi connectivity index (χ0v) is 6.64. The molecule has 1 fully saturated rings. The van der Waals surface area contributed by atoms with Gasteiger partial charge in [0.2, 0.25) is 0 Å². The lowest BCUT2D eigenvalue weighted by atomic mass is 10.4. The van der Waals surface area contributed by atoms with Gasteiger partial charge in [0.25, 0.3) is 0 Å². The smallest absolute Gasteiger partial charge is 0.0357 e. The molecule has 0 aromatic rings. The van der Waals surface area contributed by atoms with Crippen LogP contribution in [-0.4, -0.2) is 12.8 Å². The molecule has 0 aromatic heterocycles. The molecule has 2 nitrogen and oxygen atoms in total. The molecule has 0 unspecified atom stereocenters. The van der Waals surface area contributed by atoms with E-state index in [2.05, 4.69) is 17.5 Å². The maximum Gasteiger partial charge on any atom is 0.0357 e. The van der Waals surface area contributed by atoms with Gasteiger partial charge in [0.1, 0.15) is 0 Å². The van der Waals surface area contributed by atoms with E-state index in [4.69, 9.17) is 0 Å². The Kier molecular flexibility index (Phi) is 3.27. The summed E-state index contributed by atoms with van der Waals surface area (Å²) in [6.07, 6.45) is 7.04. The second-order valence-corrected chi connectivity index (χ2v) is 2.91. The van der Waals surface area contributed by atoms with Crippen molar-refractivity contribution in [2.24, 2.45) is 11.0 Å². The minimum atomic E-state index is 0.929. The summed E-state index contributed by atoms with van der Waals surface area (Å²) < 4.78 is 0. The molecular weight excluding hydrogens is 124 g/mol. The highest BCUT2D eigenvalue weighted by molar-refractivity contribution is 5.56. The molecule has 0 spiro atoms. The summed E-state index contributed by atoms with van der Waals surface area (Å²) in [5.74, 6) is 0.929. The maximum absolute atomic E-state index is 4.07. The molecule has 1 saturated carbocycles. The third-order valence-electron chi connectivity index (χ3n) is 1.68. The van der Waals surface area contributed by atoms with E-state index in [0.717, 1.165) is 18.9 Å². The Labute approximate surface area is 62.7 Å². The van der Waals surface area contributed by atoms with Gasteiger partial charge in [-0.3, -0.25) is 0 Å². The lowest BCUT2D eigenvalue weighted by Crippen LogP contribution is -2.08. The predicted octanol–water partition coefficient (Wildman–Crippen LogP) is 1.77. The predicted molar refractivity (Wildman–Crippen MR) is 44.1 cm³/mol. The van der Waals surface area contributed by atoms with Crippen molar-refractivity contribution in [3.63, 3.8) is 0 Å². The van der Waals surface area contributed by atoms with Crippen LogP contribution in [0.3, 0.4) is 0 Å². The molecule has 1 N–H and O–H groups in total. The number of nitrogens with zero attached hydrogens (tertiary/aromatic N) is 1. The van der Waals surface area contributed by atoms with Crippen LogP contribution in [0, 0.1) is 5.92 Å². The van der Waals surface area contributed by atoms with Gasteiger partial charge in [-0.05, 0) is 25.2 Å². The van der Waals surface area contributed by atoms with Crippen LogP contribution in [0.25, 0.3) is 0 Å². The van der Waals surface area contributed by atoms with E-state index in [9.17, 15) is 0 Å². The standard InChI is InChI=1S/C8H16N2/c1-2-3-6-9-10-7-8-4-5-8/h6,8,10H,2-5,7H2,1H3/b9-6+. The summed E-state index contributed by atoms with van der Waals surface area (Å²) in [5.41, 5.74) is 3.05. The van der Waals surface area contributed by atoms with Gasteiger partial charge in [0, 0.05) is 12.8 Å². The van der Waals surface area contributed by atoms with Crippen molar-refractivity contribution in [1.82, 2.24) is 5.43 Å². The lowest BCUT2D eigenvalue weighted by Gasteiger charge is -1.94. The largest absolute Gasteiger partial charge is 0.310 e. The topological polar surface area (TPSA) is 24.4 Å². The third-order valence-corrected chi connectivity index (χ3v) is 1.68. The second-order valence-electron chi connectivity index (χ2n) is 2.91. The zero-order valence-electron chi connectivity index (χ0n) is 6.64. The normalized spacial score (nSPS) is 18.1. The van der Waals surface area contributed by atoms with E-state index >= 15 is 0 Å². The molecule has 0 aliphatic heterocycles. The first-order chi connectivity index (χ1) is 4.93. The molecule has 0 saturated heterocycles. The fourth-order valence-corrected chi connectivity index (χ4v) is 0.762. The van der Waals surface area contributed by atoms with Crippen LogP contribution in [0.1, 0.15) is 32.6 Å². The monoisotopic (exact) mass is 140 g/mol. The van der Waals surface area contributed by atoms with E-state index in [1.54, 1.807) is 0 Å². The van der Waals surface area contributed by atoms with Crippen LogP contribution in [0.4, 0.5) is 0 Å². The summed E-state index contributed by atoms with van der Waals surface area (Å²) in [6.45, 7) is 3.24. The fourth-order valence-electron chi connectivity index (χ4n) is 0.762. The minimum Gasteiger partial charge on any atom is -0.310 e. The van der Waals surface area contributed by atoms with Gasteiger partial charge in [-0.15, -0.1) is 0 Å². The van der Waals surface area contributed by atoms with Crippen molar-refractivity contribution in [3.05, 3.63) is 0 Å². The molecule has 0 atom stereocenters.